The zero-order chi connectivity index (χ0) is 15.4. The van der Waals surface area contributed by atoms with Crippen molar-refractivity contribution in [3.05, 3.63) is 58.9 Å². The van der Waals surface area contributed by atoms with Gasteiger partial charge in [0.1, 0.15) is 11.9 Å². The number of rotatable bonds is 5. The highest BCUT2D eigenvalue weighted by Crippen LogP contribution is 2.33. The molecule has 0 fully saturated rings. The number of ether oxygens (including phenoxy) is 1. The highest BCUT2D eigenvalue weighted by atomic mass is 32.2. The SMILES string of the molecule is O=[N+]([O-])c1cnc(Sc2nccc(Oc3ccccc3)n2)s1. The van der Waals surface area contributed by atoms with Gasteiger partial charge in [-0.1, -0.05) is 18.2 Å². The summed E-state index contributed by atoms with van der Waals surface area (Å²) in [5.41, 5.74) is 0. The summed E-state index contributed by atoms with van der Waals surface area (Å²) in [5, 5.41) is 11.0. The summed E-state index contributed by atoms with van der Waals surface area (Å²) in [4.78, 5) is 22.5. The molecule has 1 aromatic carbocycles. The molecule has 22 heavy (non-hydrogen) atoms. The Morgan fingerprint density at radius 3 is 2.73 bits per heavy atom. The minimum atomic E-state index is -0.475. The van der Waals surface area contributed by atoms with Gasteiger partial charge in [-0.15, -0.1) is 0 Å². The fourth-order valence-corrected chi connectivity index (χ4v) is 3.12. The molecule has 0 aliphatic heterocycles. The molecule has 0 aliphatic rings. The molecule has 7 nitrogen and oxygen atoms in total. The first-order chi connectivity index (χ1) is 10.7. The summed E-state index contributed by atoms with van der Waals surface area (Å²) >= 11 is 2.13. The highest BCUT2D eigenvalue weighted by Gasteiger charge is 2.13. The van der Waals surface area contributed by atoms with Crippen molar-refractivity contribution in [2.45, 2.75) is 9.50 Å². The van der Waals surface area contributed by atoms with Gasteiger partial charge in [-0.25, -0.2) is 9.97 Å². The second-order valence-corrected chi connectivity index (χ2v) is 6.14. The number of aromatic nitrogens is 3. The quantitative estimate of drug-likeness (QED) is 0.399. The summed E-state index contributed by atoms with van der Waals surface area (Å²) in [7, 11) is 0. The Kier molecular flexibility index (Phi) is 4.26. The number of para-hydroxylation sites is 1. The fourth-order valence-electron chi connectivity index (χ4n) is 1.50. The molecule has 0 amide bonds. The van der Waals surface area contributed by atoms with Crippen LogP contribution in [0.1, 0.15) is 0 Å². The molecule has 2 heterocycles. The second kappa shape index (κ2) is 6.50. The molecule has 0 N–H and O–H groups in total. The van der Waals surface area contributed by atoms with E-state index in [0.29, 0.717) is 21.1 Å². The normalized spacial score (nSPS) is 10.4. The van der Waals surface area contributed by atoms with E-state index in [1.807, 2.05) is 30.3 Å². The van der Waals surface area contributed by atoms with E-state index >= 15 is 0 Å². The van der Waals surface area contributed by atoms with Crippen LogP contribution in [0.15, 0.2) is 58.3 Å². The molecular weight excluding hydrogens is 324 g/mol. The Morgan fingerprint density at radius 2 is 2.00 bits per heavy atom. The predicted molar refractivity (Wildman–Crippen MR) is 81.4 cm³/mol. The monoisotopic (exact) mass is 332 g/mol. The van der Waals surface area contributed by atoms with Gasteiger partial charge in [-0.05, 0) is 35.2 Å². The van der Waals surface area contributed by atoms with E-state index in [-0.39, 0.29) is 5.00 Å². The van der Waals surface area contributed by atoms with Crippen molar-refractivity contribution in [2.24, 2.45) is 0 Å². The number of benzene rings is 1. The van der Waals surface area contributed by atoms with Gasteiger partial charge in [0.05, 0.1) is 4.92 Å². The van der Waals surface area contributed by atoms with Crippen LogP contribution in [0.25, 0.3) is 0 Å². The Labute approximate surface area is 133 Å². The lowest BCUT2D eigenvalue weighted by atomic mass is 10.3. The Balaban J connectivity index is 1.74. The van der Waals surface area contributed by atoms with Crippen LogP contribution in [-0.2, 0) is 0 Å². The first-order valence-corrected chi connectivity index (χ1v) is 7.68. The zero-order valence-electron chi connectivity index (χ0n) is 10.9. The van der Waals surface area contributed by atoms with Crippen LogP contribution in [0.3, 0.4) is 0 Å². The molecule has 0 aliphatic carbocycles. The van der Waals surface area contributed by atoms with Crippen LogP contribution in [-0.4, -0.2) is 19.9 Å². The van der Waals surface area contributed by atoms with Crippen molar-refractivity contribution in [2.75, 3.05) is 0 Å². The van der Waals surface area contributed by atoms with E-state index in [1.54, 1.807) is 12.3 Å². The molecule has 3 rings (SSSR count). The van der Waals surface area contributed by atoms with Crippen molar-refractivity contribution < 1.29 is 9.66 Å². The molecule has 0 saturated carbocycles. The van der Waals surface area contributed by atoms with Crippen molar-refractivity contribution in [3.8, 4) is 11.6 Å². The predicted octanol–water partition coefficient (Wildman–Crippen LogP) is 3.78. The molecule has 2 aromatic heterocycles. The van der Waals surface area contributed by atoms with Gasteiger partial charge < -0.3 is 4.74 Å². The molecule has 0 spiro atoms. The average Bonchev–Trinajstić information content (AvgIpc) is 2.97. The summed E-state index contributed by atoms with van der Waals surface area (Å²) in [6.45, 7) is 0. The summed E-state index contributed by atoms with van der Waals surface area (Å²) in [5.74, 6) is 1.07. The maximum absolute atomic E-state index is 10.6. The standard InChI is InChI=1S/C13H8N4O3S2/c18-17(19)11-8-15-13(21-11)22-12-14-7-6-10(16-12)20-9-4-2-1-3-5-9/h1-8H. The molecule has 0 unspecified atom stereocenters. The van der Waals surface area contributed by atoms with Crippen LogP contribution >= 0.6 is 23.1 Å². The summed E-state index contributed by atoms with van der Waals surface area (Å²) in [6, 6.07) is 10.9. The van der Waals surface area contributed by atoms with Crippen molar-refractivity contribution >= 4 is 28.1 Å². The number of thiazole rings is 1. The van der Waals surface area contributed by atoms with Gasteiger partial charge >= 0.3 is 5.00 Å². The van der Waals surface area contributed by atoms with Crippen molar-refractivity contribution in [3.63, 3.8) is 0 Å². The lowest BCUT2D eigenvalue weighted by Gasteiger charge is -2.04. The number of nitrogens with zero attached hydrogens (tertiary/aromatic N) is 4. The lowest BCUT2D eigenvalue weighted by Crippen LogP contribution is -1.91. The molecule has 3 aromatic rings. The van der Waals surface area contributed by atoms with Gasteiger partial charge in [0, 0.05) is 12.3 Å². The van der Waals surface area contributed by atoms with E-state index in [4.69, 9.17) is 4.74 Å². The third kappa shape index (κ3) is 3.57. The van der Waals surface area contributed by atoms with Gasteiger partial charge in [-0.3, -0.25) is 10.1 Å². The van der Waals surface area contributed by atoms with Crippen LogP contribution < -0.4 is 4.74 Å². The fraction of sp³-hybridized carbons (Fsp3) is 0. The number of hydrogen-bond donors (Lipinski definition) is 0. The second-order valence-electron chi connectivity index (χ2n) is 3.92. The largest absolute Gasteiger partial charge is 0.439 e. The smallest absolute Gasteiger partial charge is 0.344 e. The third-order valence-electron chi connectivity index (χ3n) is 2.40. The van der Waals surface area contributed by atoms with Crippen molar-refractivity contribution in [1.82, 2.24) is 15.0 Å². The van der Waals surface area contributed by atoms with Crippen molar-refractivity contribution in [1.29, 1.82) is 0 Å². The molecule has 0 bridgehead atoms. The molecule has 9 heteroatoms. The number of nitro groups is 1. The molecule has 110 valence electrons. The van der Waals surface area contributed by atoms with E-state index in [0.717, 1.165) is 23.1 Å². The lowest BCUT2D eigenvalue weighted by molar-refractivity contribution is -0.380. The van der Waals surface area contributed by atoms with Gasteiger partial charge in [-0.2, -0.15) is 4.98 Å². The maximum Gasteiger partial charge on any atom is 0.344 e. The molecule has 0 atom stereocenters. The van der Waals surface area contributed by atoms with Gasteiger partial charge in [0.2, 0.25) is 5.88 Å². The highest BCUT2D eigenvalue weighted by molar-refractivity contribution is 8.00. The molecule has 0 radical (unpaired) electrons. The first-order valence-electron chi connectivity index (χ1n) is 6.05. The topological polar surface area (TPSA) is 91.0 Å². The summed E-state index contributed by atoms with van der Waals surface area (Å²) in [6.07, 6.45) is 2.78. The molecular formula is C13H8N4O3S2. The van der Waals surface area contributed by atoms with Crippen LogP contribution in [0.2, 0.25) is 0 Å². The van der Waals surface area contributed by atoms with Crippen LogP contribution in [0.5, 0.6) is 11.6 Å². The molecule has 0 saturated heterocycles. The maximum atomic E-state index is 10.6. The van der Waals surface area contributed by atoms with E-state index in [2.05, 4.69) is 15.0 Å². The zero-order valence-corrected chi connectivity index (χ0v) is 12.6. The van der Waals surface area contributed by atoms with Gasteiger partial charge in [0.25, 0.3) is 0 Å². The van der Waals surface area contributed by atoms with E-state index in [9.17, 15) is 10.1 Å². The van der Waals surface area contributed by atoms with E-state index < -0.39 is 4.92 Å². The minimum absolute atomic E-state index is 0.0146. The summed E-state index contributed by atoms with van der Waals surface area (Å²) < 4.78 is 6.11. The third-order valence-corrected chi connectivity index (χ3v) is 4.31. The first kappa shape index (κ1) is 14.4. The van der Waals surface area contributed by atoms with Crippen LogP contribution in [0.4, 0.5) is 5.00 Å². The Morgan fingerprint density at radius 1 is 1.18 bits per heavy atom. The minimum Gasteiger partial charge on any atom is -0.439 e. The van der Waals surface area contributed by atoms with Crippen LogP contribution in [0, 0.1) is 10.1 Å². The Hall–Kier alpha value is -2.52. The number of hydrogen-bond acceptors (Lipinski definition) is 8. The Bertz CT molecular complexity index is 795. The average molecular weight is 332 g/mol. The van der Waals surface area contributed by atoms with Gasteiger partial charge in [0.15, 0.2) is 9.50 Å². The van der Waals surface area contributed by atoms with E-state index in [1.165, 1.54) is 6.20 Å².